The van der Waals surface area contributed by atoms with E-state index >= 15 is 0 Å². The number of likely N-dealkylation sites (tertiary alicyclic amines) is 1. The maximum absolute atomic E-state index is 13.0. The van der Waals surface area contributed by atoms with Gasteiger partial charge in [-0.2, -0.15) is 0 Å². The zero-order chi connectivity index (χ0) is 17.7. The van der Waals surface area contributed by atoms with Crippen molar-refractivity contribution in [2.75, 3.05) is 20.2 Å². The summed E-state index contributed by atoms with van der Waals surface area (Å²) >= 11 is 0. The van der Waals surface area contributed by atoms with E-state index in [4.69, 9.17) is 4.74 Å². The smallest absolute Gasteiger partial charge is 0.270 e. The monoisotopic (exact) mass is 344 g/mol. The first kappa shape index (κ1) is 16.4. The summed E-state index contributed by atoms with van der Waals surface area (Å²) in [5, 5.41) is 20.8. The van der Waals surface area contributed by atoms with Crippen molar-refractivity contribution in [3.8, 4) is 5.75 Å². The highest BCUT2D eigenvalue weighted by molar-refractivity contribution is 5.99. The van der Waals surface area contributed by atoms with Gasteiger partial charge in [-0.05, 0) is 42.9 Å². The van der Waals surface area contributed by atoms with E-state index in [0.717, 1.165) is 16.7 Å². The second-order valence-corrected chi connectivity index (χ2v) is 7.35. The molecule has 1 amide bonds. The molecule has 2 aromatic rings. The number of aryl methyl sites for hydroxylation is 1. The van der Waals surface area contributed by atoms with Gasteiger partial charge in [-0.3, -0.25) is 4.79 Å². The molecule has 1 aliphatic carbocycles. The van der Waals surface area contributed by atoms with Crippen LogP contribution in [0.5, 0.6) is 5.75 Å². The lowest BCUT2D eigenvalue weighted by Crippen LogP contribution is -2.38. The molecule has 134 valence electrons. The molecule has 1 saturated carbocycles. The molecule has 0 unspecified atom stereocenters. The first-order chi connectivity index (χ1) is 12.0. The van der Waals surface area contributed by atoms with Crippen molar-refractivity contribution in [2.24, 2.45) is 18.9 Å². The van der Waals surface area contributed by atoms with Crippen LogP contribution in [0.1, 0.15) is 23.3 Å². The molecule has 1 aromatic carbocycles. The topological polar surface area (TPSA) is 74.9 Å². The molecule has 4 rings (SSSR count). The lowest BCUT2D eigenvalue weighted by Gasteiger charge is -2.31. The highest BCUT2D eigenvalue weighted by atomic mass is 16.5. The van der Waals surface area contributed by atoms with Crippen molar-refractivity contribution in [3.63, 3.8) is 0 Å². The Hall–Kier alpha value is -2.05. The van der Waals surface area contributed by atoms with E-state index in [0.29, 0.717) is 31.6 Å². The Morgan fingerprint density at radius 1 is 1.12 bits per heavy atom. The molecule has 2 N–H and O–H groups in total. The van der Waals surface area contributed by atoms with Crippen molar-refractivity contribution in [1.29, 1.82) is 0 Å². The second kappa shape index (κ2) is 6.04. The third kappa shape index (κ3) is 2.69. The molecule has 2 aliphatic rings. The predicted molar refractivity (Wildman–Crippen MR) is 93.6 cm³/mol. The maximum Gasteiger partial charge on any atom is 0.270 e. The van der Waals surface area contributed by atoms with Crippen LogP contribution in [0, 0.1) is 11.8 Å². The molecule has 0 radical (unpaired) electrons. The Morgan fingerprint density at radius 2 is 1.76 bits per heavy atom. The van der Waals surface area contributed by atoms with Gasteiger partial charge in [0.15, 0.2) is 0 Å². The van der Waals surface area contributed by atoms with Gasteiger partial charge in [0.05, 0.1) is 24.8 Å². The van der Waals surface area contributed by atoms with Crippen LogP contribution in [0.4, 0.5) is 0 Å². The zero-order valence-corrected chi connectivity index (χ0v) is 14.6. The van der Waals surface area contributed by atoms with Crippen LogP contribution in [0.25, 0.3) is 10.9 Å². The molecular weight excluding hydrogens is 320 g/mol. The lowest BCUT2D eigenvalue weighted by molar-refractivity contribution is -0.0372. The van der Waals surface area contributed by atoms with Gasteiger partial charge in [0.2, 0.25) is 0 Å². The predicted octanol–water partition coefficient (Wildman–Crippen LogP) is 1.39. The SMILES string of the molecule is COc1ccc2cc(C(=O)N3C[C@H]4C[C@H](O)[C@@H](O)C[C@H]4C3)n(C)c2c1. The van der Waals surface area contributed by atoms with Crippen LogP contribution in [0.3, 0.4) is 0 Å². The van der Waals surface area contributed by atoms with E-state index in [2.05, 4.69) is 0 Å². The van der Waals surface area contributed by atoms with Crippen molar-refractivity contribution in [1.82, 2.24) is 9.47 Å². The number of nitrogens with zero attached hydrogens (tertiary/aromatic N) is 2. The van der Waals surface area contributed by atoms with Crippen LogP contribution in [0.15, 0.2) is 24.3 Å². The fraction of sp³-hybridized carbons (Fsp3) is 0.526. The third-order valence-corrected chi connectivity index (χ3v) is 5.87. The number of methoxy groups -OCH3 is 1. The van der Waals surface area contributed by atoms with Gasteiger partial charge in [-0.15, -0.1) is 0 Å². The zero-order valence-electron chi connectivity index (χ0n) is 14.6. The molecule has 4 atom stereocenters. The molecule has 1 saturated heterocycles. The van der Waals surface area contributed by atoms with Crippen molar-refractivity contribution >= 4 is 16.8 Å². The van der Waals surface area contributed by atoms with Gasteiger partial charge in [0.1, 0.15) is 11.4 Å². The number of amides is 1. The number of carbonyl (C=O) groups excluding carboxylic acids is 1. The fourth-order valence-electron chi connectivity index (χ4n) is 4.38. The summed E-state index contributed by atoms with van der Waals surface area (Å²) in [4.78, 5) is 14.9. The minimum absolute atomic E-state index is 0.0102. The minimum Gasteiger partial charge on any atom is -0.497 e. The van der Waals surface area contributed by atoms with E-state index in [1.54, 1.807) is 7.11 Å². The Balaban J connectivity index is 1.59. The lowest BCUT2D eigenvalue weighted by atomic mass is 9.79. The average Bonchev–Trinajstić information content (AvgIpc) is 3.15. The van der Waals surface area contributed by atoms with E-state index in [-0.39, 0.29) is 17.7 Å². The molecule has 1 aromatic heterocycles. The Morgan fingerprint density at radius 3 is 2.36 bits per heavy atom. The van der Waals surface area contributed by atoms with Crippen LogP contribution in [-0.2, 0) is 7.05 Å². The van der Waals surface area contributed by atoms with E-state index in [1.165, 1.54) is 0 Å². The minimum atomic E-state index is -0.665. The quantitative estimate of drug-likeness (QED) is 0.863. The van der Waals surface area contributed by atoms with Gasteiger partial charge >= 0.3 is 0 Å². The number of aromatic nitrogens is 1. The highest BCUT2D eigenvalue weighted by Crippen LogP contribution is 2.37. The molecule has 0 spiro atoms. The van der Waals surface area contributed by atoms with Crippen LogP contribution in [0.2, 0.25) is 0 Å². The Labute approximate surface area is 146 Å². The van der Waals surface area contributed by atoms with Crippen molar-refractivity contribution in [2.45, 2.75) is 25.0 Å². The Bertz CT molecular complexity index is 797. The number of aliphatic hydroxyl groups excluding tert-OH is 2. The van der Waals surface area contributed by atoms with Gasteiger partial charge < -0.3 is 24.4 Å². The molecule has 6 nitrogen and oxygen atoms in total. The normalized spacial score (nSPS) is 29.0. The first-order valence-corrected chi connectivity index (χ1v) is 8.76. The number of aliphatic hydroxyl groups is 2. The first-order valence-electron chi connectivity index (χ1n) is 8.76. The number of carbonyl (C=O) groups is 1. The second-order valence-electron chi connectivity index (χ2n) is 7.35. The van der Waals surface area contributed by atoms with Crippen LogP contribution >= 0.6 is 0 Å². The summed E-state index contributed by atoms with van der Waals surface area (Å²) in [5.74, 6) is 1.33. The summed E-state index contributed by atoms with van der Waals surface area (Å²) in [6, 6.07) is 7.70. The van der Waals surface area contributed by atoms with Crippen LogP contribution in [-0.4, -0.2) is 58.0 Å². The number of benzene rings is 1. The summed E-state index contributed by atoms with van der Waals surface area (Å²) in [6.45, 7) is 1.30. The third-order valence-electron chi connectivity index (χ3n) is 5.87. The molecule has 2 fully saturated rings. The highest BCUT2D eigenvalue weighted by Gasteiger charge is 2.42. The molecular formula is C19H24N2O4. The number of hydrogen-bond acceptors (Lipinski definition) is 4. The van der Waals surface area contributed by atoms with Gasteiger partial charge in [-0.1, -0.05) is 0 Å². The number of ether oxygens (including phenoxy) is 1. The standard InChI is InChI=1S/C19H24N2O4/c1-20-15-8-14(25-2)4-3-11(15)5-16(20)19(24)21-9-12-6-17(22)18(23)7-13(12)10-21/h3-5,8,12-13,17-18,22-23H,6-7,9-10H2,1-2H3/t12-,13+,17-,18-/m0/s1. The molecule has 2 heterocycles. The van der Waals surface area contributed by atoms with E-state index in [1.807, 2.05) is 40.8 Å². The number of rotatable bonds is 2. The summed E-state index contributed by atoms with van der Waals surface area (Å²) in [7, 11) is 3.52. The summed E-state index contributed by atoms with van der Waals surface area (Å²) in [6.07, 6.45) is -0.188. The largest absolute Gasteiger partial charge is 0.497 e. The van der Waals surface area contributed by atoms with Gasteiger partial charge in [-0.25, -0.2) is 0 Å². The van der Waals surface area contributed by atoms with Gasteiger partial charge in [0, 0.05) is 31.6 Å². The van der Waals surface area contributed by atoms with Crippen molar-refractivity contribution < 1.29 is 19.7 Å². The Kier molecular flexibility index (Phi) is 3.96. The van der Waals surface area contributed by atoms with Crippen LogP contribution < -0.4 is 4.74 Å². The fourth-order valence-corrected chi connectivity index (χ4v) is 4.38. The maximum atomic E-state index is 13.0. The molecule has 25 heavy (non-hydrogen) atoms. The van der Waals surface area contributed by atoms with E-state index < -0.39 is 12.2 Å². The number of fused-ring (bicyclic) bond motifs is 2. The van der Waals surface area contributed by atoms with Crippen molar-refractivity contribution in [3.05, 3.63) is 30.0 Å². The average molecular weight is 344 g/mol. The number of hydrogen-bond donors (Lipinski definition) is 2. The molecule has 0 bridgehead atoms. The summed E-state index contributed by atoms with van der Waals surface area (Å²) in [5.41, 5.74) is 1.62. The van der Waals surface area contributed by atoms with E-state index in [9.17, 15) is 15.0 Å². The molecule has 6 heteroatoms. The van der Waals surface area contributed by atoms with Gasteiger partial charge in [0.25, 0.3) is 5.91 Å². The summed E-state index contributed by atoms with van der Waals surface area (Å²) < 4.78 is 7.18. The molecule has 1 aliphatic heterocycles.